The largest absolute Gasteiger partial charge is 0.490 e. The average Bonchev–Trinajstić information content (AvgIpc) is 2.82. The zero-order chi connectivity index (χ0) is 13.8. The number of rotatable bonds is 3. The number of hydrogen-bond donors (Lipinski definition) is 2. The summed E-state index contributed by atoms with van der Waals surface area (Å²) in [4.78, 5) is 12.0. The molecule has 0 saturated carbocycles. The molecule has 108 valence electrons. The first-order valence-corrected chi connectivity index (χ1v) is 7.24. The normalized spacial score (nSPS) is 21.3. The predicted octanol–water partition coefficient (Wildman–Crippen LogP) is 1.93. The number of ether oxygens (including phenoxy) is 2. The fraction of sp³-hybridized carbons (Fsp3) is 0.533. The molecule has 3 rings (SSSR count). The Bertz CT molecular complexity index is 484. The van der Waals surface area contributed by atoms with E-state index < -0.39 is 0 Å². The minimum absolute atomic E-state index is 0.0406. The van der Waals surface area contributed by atoms with Crippen molar-refractivity contribution in [1.82, 2.24) is 5.32 Å². The first kappa shape index (κ1) is 13.2. The molecule has 1 aromatic rings. The lowest BCUT2D eigenvalue weighted by Crippen LogP contribution is -2.27. The van der Waals surface area contributed by atoms with E-state index in [0.717, 1.165) is 37.2 Å². The van der Waals surface area contributed by atoms with Crippen molar-refractivity contribution in [2.45, 2.75) is 31.7 Å². The van der Waals surface area contributed by atoms with E-state index in [2.05, 4.69) is 10.6 Å². The molecular weight excluding hydrogens is 256 g/mol. The second-order valence-electron chi connectivity index (χ2n) is 5.26. The summed E-state index contributed by atoms with van der Waals surface area (Å²) in [5.41, 5.74) is 0.761. The topological polar surface area (TPSA) is 59.6 Å². The molecule has 2 heterocycles. The Labute approximate surface area is 118 Å². The van der Waals surface area contributed by atoms with Crippen molar-refractivity contribution in [3.8, 4) is 11.5 Å². The minimum Gasteiger partial charge on any atom is -0.490 e. The van der Waals surface area contributed by atoms with Gasteiger partial charge in [0.1, 0.15) is 0 Å². The highest BCUT2D eigenvalue weighted by Gasteiger charge is 2.18. The maximum atomic E-state index is 12.0. The number of benzene rings is 1. The fourth-order valence-corrected chi connectivity index (χ4v) is 2.61. The molecule has 2 aliphatic rings. The van der Waals surface area contributed by atoms with E-state index in [0.29, 0.717) is 31.4 Å². The molecule has 1 aromatic carbocycles. The van der Waals surface area contributed by atoms with Crippen LogP contribution < -0.4 is 20.1 Å². The number of carbonyl (C=O) groups excluding carboxylic acids is 1. The van der Waals surface area contributed by atoms with Gasteiger partial charge in [-0.05, 0) is 31.5 Å². The lowest BCUT2D eigenvalue weighted by molar-refractivity contribution is -0.116. The lowest BCUT2D eigenvalue weighted by Gasteiger charge is -2.12. The highest BCUT2D eigenvalue weighted by molar-refractivity contribution is 5.91. The Hall–Kier alpha value is -1.75. The Kier molecular flexibility index (Phi) is 4.06. The highest BCUT2D eigenvalue weighted by atomic mass is 16.5. The molecule has 0 aromatic heterocycles. The Balaban J connectivity index is 1.62. The van der Waals surface area contributed by atoms with Gasteiger partial charge in [-0.2, -0.15) is 0 Å². The number of anilines is 1. The standard InChI is InChI=1S/C15H20N2O3/c18-15(10-11-3-1-6-16-11)17-12-4-5-13-14(9-12)20-8-2-7-19-13/h4-5,9,11,16H,1-3,6-8,10H2,(H,17,18). The summed E-state index contributed by atoms with van der Waals surface area (Å²) in [5.74, 6) is 1.50. The van der Waals surface area contributed by atoms with E-state index in [9.17, 15) is 4.79 Å². The number of amides is 1. The number of hydrogen-bond acceptors (Lipinski definition) is 4. The van der Waals surface area contributed by atoms with Crippen LogP contribution in [0, 0.1) is 0 Å². The van der Waals surface area contributed by atoms with Crippen LogP contribution in [0.1, 0.15) is 25.7 Å². The van der Waals surface area contributed by atoms with Crippen LogP contribution in [-0.4, -0.2) is 31.7 Å². The van der Waals surface area contributed by atoms with Gasteiger partial charge >= 0.3 is 0 Å². The third-order valence-corrected chi connectivity index (χ3v) is 3.63. The summed E-state index contributed by atoms with van der Waals surface area (Å²) in [6.07, 6.45) is 3.63. The fourth-order valence-electron chi connectivity index (χ4n) is 2.61. The van der Waals surface area contributed by atoms with E-state index >= 15 is 0 Å². The average molecular weight is 276 g/mol. The zero-order valence-electron chi connectivity index (χ0n) is 11.5. The molecule has 20 heavy (non-hydrogen) atoms. The van der Waals surface area contributed by atoms with Crippen LogP contribution >= 0.6 is 0 Å². The first-order valence-electron chi connectivity index (χ1n) is 7.24. The molecule has 0 bridgehead atoms. The second-order valence-corrected chi connectivity index (χ2v) is 5.26. The molecule has 2 aliphatic heterocycles. The Morgan fingerprint density at radius 2 is 2.10 bits per heavy atom. The van der Waals surface area contributed by atoms with Crippen LogP contribution in [0.25, 0.3) is 0 Å². The molecule has 5 heteroatoms. The molecule has 1 unspecified atom stereocenters. The molecular formula is C15H20N2O3. The van der Waals surface area contributed by atoms with Crippen molar-refractivity contribution in [2.75, 3.05) is 25.1 Å². The van der Waals surface area contributed by atoms with Gasteiger partial charge in [-0.1, -0.05) is 0 Å². The molecule has 0 spiro atoms. The maximum absolute atomic E-state index is 12.0. The van der Waals surface area contributed by atoms with Gasteiger partial charge in [0.05, 0.1) is 13.2 Å². The van der Waals surface area contributed by atoms with E-state index in [4.69, 9.17) is 9.47 Å². The highest BCUT2D eigenvalue weighted by Crippen LogP contribution is 2.32. The van der Waals surface area contributed by atoms with Gasteiger partial charge < -0.3 is 20.1 Å². The van der Waals surface area contributed by atoms with Gasteiger partial charge in [-0.3, -0.25) is 4.79 Å². The van der Waals surface area contributed by atoms with E-state index in [-0.39, 0.29) is 5.91 Å². The first-order chi connectivity index (χ1) is 9.81. The van der Waals surface area contributed by atoms with Crippen molar-refractivity contribution in [3.05, 3.63) is 18.2 Å². The molecule has 2 N–H and O–H groups in total. The third-order valence-electron chi connectivity index (χ3n) is 3.63. The van der Waals surface area contributed by atoms with E-state index in [1.165, 1.54) is 0 Å². The summed E-state index contributed by atoms with van der Waals surface area (Å²) >= 11 is 0. The number of carbonyl (C=O) groups is 1. The molecule has 1 saturated heterocycles. The Morgan fingerprint density at radius 1 is 1.25 bits per heavy atom. The summed E-state index contributed by atoms with van der Waals surface area (Å²) < 4.78 is 11.2. The van der Waals surface area contributed by atoms with Gasteiger partial charge in [0.25, 0.3) is 0 Å². The third kappa shape index (κ3) is 3.22. The molecule has 0 radical (unpaired) electrons. The van der Waals surface area contributed by atoms with Crippen LogP contribution in [0.4, 0.5) is 5.69 Å². The van der Waals surface area contributed by atoms with Crippen molar-refractivity contribution >= 4 is 11.6 Å². The zero-order valence-corrected chi connectivity index (χ0v) is 11.5. The van der Waals surface area contributed by atoms with Gasteiger partial charge in [0.15, 0.2) is 11.5 Å². The van der Waals surface area contributed by atoms with Gasteiger partial charge in [-0.25, -0.2) is 0 Å². The van der Waals surface area contributed by atoms with Crippen LogP contribution in [0.15, 0.2) is 18.2 Å². The van der Waals surface area contributed by atoms with Crippen molar-refractivity contribution in [1.29, 1.82) is 0 Å². The van der Waals surface area contributed by atoms with Gasteiger partial charge in [-0.15, -0.1) is 0 Å². The molecule has 0 aliphatic carbocycles. The monoisotopic (exact) mass is 276 g/mol. The molecule has 1 fully saturated rings. The summed E-state index contributed by atoms with van der Waals surface area (Å²) in [7, 11) is 0. The SMILES string of the molecule is O=C(CC1CCCN1)Nc1ccc2c(c1)OCCCO2. The van der Waals surface area contributed by atoms with Crippen LogP contribution in [-0.2, 0) is 4.79 Å². The van der Waals surface area contributed by atoms with Crippen molar-refractivity contribution < 1.29 is 14.3 Å². The Morgan fingerprint density at radius 3 is 2.90 bits per heavy atom. The van der Waals surface area contributed by atoms with E-state index in [1.54, 1.807) is 0 Å². The number of fused-ring (bicyclic) bond motifs is 1. The minimum atomic E-state index is 0.0406. The van der Waals surface area contributed by atoms with E-state index in [1.807, 2.05) is 18.2 Å². The molecule has 1 atom stereocenters. The maximum Gasteiger partial charge on any atom is 0.225 e. The predicted molar refractivity (Wildman–Crippen MR) is 76.3 cm³/mol. The van der Waals surface area contributed by atoms with Crippen LogP contribution in [0.3, 0.4) is 0 Å². The molecule has 1 amide bonds. The lowest BCUT2D eigenvalue weighted by atomic mass is 10.1. The number of nitrogens with one attached hydrogen (secondary N) is 2. The van der Waals surface area contributed by atoms with Crippen LogP contribution in [0.2, 0.25) is 0 Å². The van der Waals surface area contributed by atoms with Crippen molar-refractivity contribution in [3.63, 3.8) is 0 Å². The second kappa shape index (κ2) is 6.13. The van der Waals surface area contributed by atoms with Crippen molar-refractivity contribution in [2.24, 2.45) is 0 Å². The van der Waals surface area contributed by atoms with Gasteiger partial charge in [0.2, 0.25) is 5.91 Å². The summed E-state index contributed by atoms with van der Waals surface area (Å²) in [6.45, 7) is 2.34. The van der Waals surface area contributed by atoms with Crippen LogP contribution in [0.5, 0.6) is 11.5 Å². The summed E-state index contributed by atoms with van der Waals surface area (Å²) in [5, 5.41) is 6.25. The van der Waals surface area contributed by atoms with Gasteiger partial charge in [0, 0.05) is 30.6 Å². The summed E-state index contributed by atoms with van der Waals surface area (Å²) in [6, 6.07) is 5.86. The smallest absolute Gasteiger partial charge is 0.225 e. The molecule has 5 nitrogen and oxygen atoms in total. The quantitative estimate of drug-likeness (QED) is 0.885.